The summed E-state index contributed by atoms with van der Waals surface area (Å²) in [5.41, 5.74) is 3.95. The number of amides is 3. The SMILES string of the molecule is Cc1ccc(NC(=O)C(C)Sc2ccc(NC(=O)/C(=C/c3ccco3)NC(=O)c3ccccc3)cc2)c(C)c1. The Kier molecular flexibility index (Phi) is 9.01. The number of hydrogen-bond acceptors (Lipinski definition) is 5. The fourth-order valence-corrected chi connectivity index (χ4v) is 4.59. The summed E-state index contributed by atoms with van der Waals surface area (Å²) in [6.45, 7) is 5.83. The van der Waals surface area contributed by atoms with Crippen molar-refractivity contribution in [3.63, 3.8) is 0 Å². The molecule has 0 aliphatic heterocycles. The van der Waals surface area contributed by atoms with Gasteiger partial charge in [0.25, 0.3) is 11.8 Å². The third-order valence-electron chi connectivity index (χ3n) is 5.79. The van der Waals surface area contributed by atoms with Crippen LogP contribution in [0.5, 0.6) is 0 Å². The Morgan fingerprint density at radius 1 is 0.872 bits per heavy atom. The summed E-state index contributed by atoms with van der Waals surface area (Å²) >= 11 is 1.42. The molecule has 0 saturated carbocycles. The summed E-state index contributed by atoms with van der Waals surface area (Å²) in [5.74, 6) is -0.583. The maximum Gasteiger partial charge on any atom is 0.272 e. The molecule has 3 N–H and O–H groups in total. The molecular weight excluding hydrogens is 510 g/mol. The minimum Gasteiger partial charge on any atom is -0.465 e. The first-order valence-corrected chi connectivity index (χ1v) is 13.2. The molecule has 198 valence electrons. The van der Waals surface area contributed by atoms with Crippen LogP contribution in [0.1, 0.15) is 34.2 Å². The van der Waals surface area contributed by atoms with Crippen molar-refractivity contribution < 1.29 is 18.8 Å². The highest BCUT2D eigenvalue weighted by atomic mass is 32.2. The fourth-order valence-electron chi connectivity index (χ4n) is 3.72. The molecule has 3 amide bonds. The number of aryl methyl sites for hydroxylation is 2. The van der Waals surface area contributed by atoms with Crippen molar-refractivity contribution in [2.45, 2.75) is 30.9 Å². The Balaban J connectivity index is 1.39. The predicted octanol–water partition coefficient (Wildman–Crippen LogP) is 6.43. The Morgan fingerprint density at radius 2 is 1.62 bits per heavy atom. The summed E-state index contributed by atoms with van der Waals surface area (Å²) in [6, 6.07) is 25.1. The zero-order chi connectivity index (χ0) is 27.8. The molecule has 0 saturated heterocycles. The first-order valence-electron chi connectivity index (χ1n) is 12.4. The van der Waals surface area contributed by atoms with Gasteiger partial charge < -0.3 is 20.4 Å². The molecule has 0 spiro atoms. The molecule has 1 atom stereocenters. The van der Waals surface area contributed by atoms with E-state index in [-0.39, 0.29) is 16.9 Å². The van der Waals surface area contributed by atoms with E-state index < -0.39 is 11.8 Å². The molecule has 0 radical (unpaired) electrons. The second-order valence-electron chi connectivity index (χ2n) is 8.94. The highest BCUT2D eigenvalue weighted by Crippen LogP contribution is 2.26. The highest BCUT2D eigenvalue weighted by Gasteiger charge is 2.17. The van der Waals surface area contributed by atoms with E-state index >= 15 is 0 Å². The zero-order valence-electron chi connectivity index (χ0n) is 21.9. The van der Waals surface area contributed by atoms with E-state index in [4.69, 9.17) is 4.42 Å². The lowest BCUT2D eigenvalue weighted by atomic mass is 10.1. The van der Waals surface area contributed by atoms with Gasteiger partial charge in [-0.3, -0.25) is 14.4 Å². The molecule has 1 aromatic heterocycles. The van der Waals surface area contributed by atoms with E-state index in [1.165, 1.54) is 24.1 Å². The second-order valence-corrected chi connectivity index (χ2v) is 10.4. The van der Waals surface area contributed by atoms with Gasteiger partial charge in [-0.2, -0.15) is 0 Å². The quantitative estimate of drug-likeness (QED) is 0.168. The molecule has 0 fully saturated rings. The van der Waals surface area contributed by atoms with Gasteiger partial charge in [0.15, 0.2) is 0 Å². The van der Waals surface area contributed by atoms with Gasteiger partial charge in [0.05, 0.1) is 11.5 Å². The highest BCUT2D eigenvalue weighted by molar-refractivity contribution is 8.00. The van der Waals surface area contributed by atoms with Crippen molar-refractivity contribution in [2.75, 3.05) is 10.6 Å². The summed E-state index contributed by atoms with van der Waals surface area (Å²) < 4.78 is 5.33. The van der Waals surface area contributed by atoms with Gasteiger partial charge in [-0.15, -0.1) is 11.8 Å². The van der Waals surface area contributed by atoms with Crippen LogP contribution < -0.4 is 16.0 Å². The molecule has 3 aromatic carbocycles. The second kappa shape index (κ2) is 12.8. The number of hydrogen-bond donors (Lipinski definition) is 3. The number of rotatable bonds is 9. The largest absolute Gasteiger partial charge is 0.465 e. The molecule has 7 nitrogen and oxygen atoms in total. The first kappa shape index (κ1) is 27.5. The van der Waals surface area contributed by atoms with Gasteiger partial charge in [0, 0.05) is 27.9 Å². The maximum absolute atomic E-state index is 13.1. The summed E-state index contributed by atoms with van der Waals surface area (Å²) in [4.78, 5) is 39.4. The van der Waals surface area contributed by atoms with Gasteiger partial charge in [-0.1, -0.05) is 35.9 Å². The standard InChI is InChI=1S/C31H29N3O4S/c1-20-11-16-27(21(2)18-20)33-29(35)22(3)39-26-14-12-24(13-15-26)32-31(37)28(19-25-10-7-17-38-25)34-30(36)23-8-5-4-6-9-23/h4-19,22H,1-3H3,(H,32,37)(H,33,35)(H,34,36)/b28-19-. The van der Waals surface area contributed by atoms with Crippen molar-refractivity contribution in [3.8, 4) is 0 Å². The molecule has 4 rings (SSSR count). The number of benzene rings is 3. The van der Waals surface area contributed by atoms with Crippen LogP contribution in [0.4, 0.5) is 11.4 Å². The van der Waals surface area contributed by atoms with E-state index in [1.807, 2.05) is 57.2 Å². The van der Waals surface area contributed by atoms with Crippen LogP contribution in [0.3, 0.4) is 0 Å². The van der Waals surface area contributed by atoms with E-state index in [0.29, 0.717) is 17.0 Å². The smallest absolute Gasteiger partial charge is 0.272 e. The van der Waals surface area contributed by atoms with Gasteiger partial charge in [0.1, 0.15) is 11.5 Å². The number of carbonyl (C=O) groups is 3. The van der Waals surface area contributed by atoms with Crippen LogP contribution in [-0.4, -0.2) is 23.0 Å². The van der Waals surface area contributed by atoms with Crippen LogP contribution in [0.25, 0.3) is 6.08 Å². The Morgan fingerprint density at radius 3 is 2.28 bits per heavy atom. The average Bonchev–Trinajstić information content (AvgIpc) is 3.44. The van der Waals surface area contributed by atoms with E-state index in [1.54, 1.807) is 48.5 Å². The summed E-state index contributed by atoms with van der Waals surface area (Å²) in [7, 11) is 0. The van der Waals surface area contributed by atoms with Crippen LogP contribution in [0, 0.1) is 13.8 Å². The molecule has 1 heterocycles. The lowest BCUT2D eigenvalue weighted by Gasteiger charge is -2.14. The van der Waals surface area contributed by atoms with Crippen LogP contribution in [0.2, 0.25) is 0 Å². The summed E-state index contributed by atoms with van der Waals surface area (Å²) in [6.07, 6.45) is 2.95. The number of thioether (sulfide) groups is 1. The third-order valence-corrected chi connectivity index (χ3v) is 6.90. The minimum atomic E-state index is -0.503. The summed E-state index contributed by atoms with van der Waals surface area (Å²) in [5, 5.41) is 8.13. The van der Waals surface area contributed by atoms with Crippen molar-refractivity contribution in [1.82, 2.24) is 5.32 Å². The van der Waals surface area contributed by atoms with Crippen LogP contribution in [-0.2, 0) is 9.59 Å². The Hall–Kier alpha value is -4.56. The molecular formula is C31H29N3O4S. The number of anilines is 2. The molecule has 0 aliphatic carbocycles. The van der Waals surface area contributed by atoms with Gasteiger partial charge in [-0.25, -0.2) is 0 Å². The lowest BCUT2D eigenvalue weighted by molar-refractivity contribution is -0.115. The van der Waals surface area contributed by atoms with Gasteiger partial charge in [-0.05, 0) is 80.9 Å². The first-order chi connectivity index (χ1) is 18.8. The molecule has 0 aliphatic rings. The lowest BCUT2D eigenvalue weighted by Crippen LogP contribution is -2.30. The minimum absolute atomic E-state index is 0.0361. The van der Waals surface area contributed by atoms with Crippen molar-refractivity contribution in [2.24, 2.45) is 0 Å². The topological polar surface area (TPSA) is 100 Å². The Bertz CT molecular complexity index is 1480. The monoisotopic (exact) mass is 539 g/mol. The average molecular weight is 540 g/mol. The zero-order valence-corrected chi connectivity index (χ0v) is 22.7. The fraction of sp³-hybridized carbons (Fsp3) is 0.129. The van der Waals surface area contributed by atoms with Gasteiger partial charge >= 0.3 is 0 Å². The van der Waals surface area contributed by atoms with Gasteiger partial charge in [0.2, 0.25) is 5.91 Å². The predicted molar refractivity (Wildman–Crippen MR) is 156 cm³/mol. The van der Waals surface area contributed by atoms with E-state index in [9.17, 15) is 14.4 Å². The molecule has 4 aromatic rings. The normalized spacial score (nSPS) is 11.9. The van der Waals surface area contributed by atoms with Crippen LogP contribution in [0.15, 0.2) is 106 Å². The van der Waals surface area contributed by atoms with E-state index in [0.717, 1.165) is 21.7 Å². The van der Waals surface area contributed by atoms with E-state index in [2.05, 4.69) is 16.0 Å². The molecule has 1 unspecified atom stereocenters. The van der Waals surface area contributed by atoms with Crippen LogP contribution >= 0.6 is 11.8 Å². The van der Waals surface area contributed by atoms with Crippen molar-refractivity contribution >= 4 is 46.9 Å². The number of carbonyl (C=O) groups excluding carboxylic acids is 3. The maximum atomic E-state index is 13.1. The third kappa shape index (κ3) is 7.72. The molecule has 8 heteroatoms. The Labute approximate surface area is 231 Å². The van der Waals surface area contributed by atoms with Crippen molar-refractivity contribution in [1.29, 1.82) is 0 Å². The molecule has 0 bridgehead atoms. The number of nitrogens with one attached hydrogen (secondary N) is 3. The van der Waals surface area contributed by atoms with Crippen molar-refractivity contribution in [3.05, 3.63) is 119 Å². The number of furan rings is 1. The molecule has 39 heavy (non-hydrogen) atoms.